The number of hydrogen-bond donors (Lipinski definition) is 3. The van der Waals surface area contributed by atoms with Crippen molar-refractivity contribution in [3.8, 4) is 0 Å². The summed E-state index contributed by atoms with van der Waals surface area (Å²) < 4.78 is 1.83. The summed E-state index contributed by atoms with van der Waals surface area (Å²) in [5.41, 5.74) is 11.4. The van der Waals surface area contributed by atoms with Crippen LogP contribution in [0.15, 0.2) is 52.0 Å². The second-order valence-electron chi connectivity index (χ2n) is 6.65. The van der Waals surface area contributed by atoms with Gasteiger partial charge < -0.3 is 0 Å². The summed E-state index contributed by atoms with van der Waals surface area (Å²) in [5, 5.41) is 5.49. The number of rotatable bonds is 4. The van der Waals surface area contributed by atoms with Crippen molar-refractivity contribution >= 4 is 61.1 Å². The molecule has 3 aromatic rings. The van der Waals surface area contributed by atoms with Crippen LogP contribution in [-0.2, 0) is 0 Å². The third kappa shape index (κ3) is 3.86. The molecule has 8 heteroatoms. The minimum absolute atomic E-state index is 0.102. The monoisotopic (exact) mass is 476 g/mol. The molecule has 0 aliphatic carbocycles. The number of nitrogens with zero attached hydrogens (tertiary/aromatic N) is 1. The molecule has 2 atom stereocenters. The highest BCUT2D eigenvalue weighted by Crippen LogP contribution is 2.39. The van der Waals surface area contributed by atoms with Gasteiger partial charge in [0.05, 0.1) is 11.1 Å². The maximum absolute atomic E-state index is 12.6. The highest BCUT2D eigenvalue weighted by atomic mass is 79.9. The average Bonchev–Trinajstić information content (AvgIpc) is 3.28. The highest BCUT2D eigenvalue weighted by molar-refractivity contribution is 9.10. The molecule has 1 aliphatic heterocycles. The average molecular weight is 478 g/mol. The maximum atomic E-state index is 12.6. The lowest BCUT2D eigenvalue weighted by Gasteiger charge is -2.15. The lowest BCUT2D eigenvalue weighted by Crippen LogP contribution is -2.25. The van der Waals surface area contributed by atoms with E-state index in [0.717, 1.165) is 21.1 Å². The van der Waals surface area contributed by atoms with E-state index in [-0.39, 0.29) is 17.9 Å². The number of hydrazine groups is 1. The van der Waals surface area contributed by atoms with E-state index in [2.05, 4.69) is 68.5 Å². The van der Waals surface area contributed by atoms with Crippen LogP contribution in [0.3, 0.4) is 0 Å². The Balaban J connectivity index is 1.47. The molecule has 3 N–H and O–H groups in total. The number of thiophene rings is 1. The standard InChI is InChI=1S/C20H18BrClN4OS/c1-11-5-7-12(8-6-11)18-13(9-23-25-18)10-24-26-20(27)19-17(22)16-14(21)3-2-4-15(16)28-19/h2-8,10,13,18,23,25H,9H2,1H3,(H,26,27)/b24-10+. The Kier molecular flexibility index (Phi) is 5.80. The minimum Gasteiger partial charge on any atom is -0.266 e. The molecule has 28 heavy (non-hydrogen) atoms. The van der Waals surface area contributed by atoms with Gasteiger partial charge >= 0.3 is 0 Å². The van der Waals surface area contributed by atoms with Crippen molar-refractivity contribution in [2.75, 3.05) is 6.54 Å². The molecule has 0 saturated carbocycles. The first kappa shape index (κ1) is 19.5. The minimum atomic E-state index is -0.305. The van der Waals surface area contributed by atoms with E-state index in [1.54, 1.807) is 6.21 Å². The molecule has 1 aliphatic rings. The van der Waals surface area contributed by atoms with Crippen molar-refractivity contribution in [3.63, 3.8) is 0 Å². The summed E-state index contributed by atoms with van der Waals surface area (Å²) in [4.78, 5) is 13.0. The normalized spacial score (nSPS) is 19.5. The predicted molar refractivity (Wildman–Crippen MR) is 119 cm³/mol. The molecular formula is C20H18BrClN4OS. The van der Waals surface area contributed by atoms with Crippen molar-refractivity contribution in [2.24, 2.45) is 11.0 Å². The molecule has 1 saturated heterocycles. The first-order valence-electron chi connectivity index (χ1n) is 8.79. The van der Waals surface area contributed by atoms with Crippen molar-refractivity contribution in [2.45, 2.75) is 13.0 Å². The fraction of sp³-hybridized carbons (Fsp3) is 0.200. The second-order valence-corrected chi connectivity index (χ2v) is 8.94. The predicted octanol–water partition coefficient (Wildman–Crippen LogP) is 4.81. The highest BCUT2D eigenvalue weighted by Gasteiger charge is 2.27. The third-order valence-electron chi connectivity index (χ3n) is 4.70. The van der Waals surface area contributed by atoms with Gasteiger partial charge in [-0.05, 0) is 24.6 Å². The number of hydrogen-bond acceptors (Lipinski definition) is 5. The molecule has 1 aromatic heterocycles. The summed E-state index contributed by atoms with van der Waals surface area (Å²) >= 11 is 11.3. The molecule has 2 aromatic carbocycles. The Morgan fingerprint density at radius 2 is 2.11 bits per heavy atom. The van der Waals surface area contributed by atoms with Gasteiger partial charge in [0, 0.05) is 33.2 Å². The first-order chi connectivity index (χ1) is 13.5. The lowest BCUT2D eigenvalue weighted by molar-refractivity contribution is 0.0959. The van der Waals surface area contributed by atoms with Gasteiger partial charge in [0.15, 0.2) is 0 Å². The van der Waals surface area contributed by atoms with E-state index in [4.69, 9.17) is 11.6 Å². The topological polar surface area (TPSA) is 65.5 Å². The summed E-state index contributed by atoms with van der Waals surface area (Å²) in [7, 11) is 0. The summed E-state index contributed by atoms with van der Waals surface area (Å²) in [6.45, 7) is 2.80. The van der Waals surface area contributed by atoms with E-state index in [1.165, 1.54) is 22.5 Å². The number of aryl methyl sites for hydroxylation is 1. The first-order valence-corrected chi connectivity index (χ1v) is 10.8. The Morgan fingerprint density at radius 1 is 1.32 bits per heavy atom. The molecule has 0 spiro atoms. The molecule has 4 rings (SSSR count). The van der Waals surface area contributed by atoms with Crippen LogP contribution in [0.2, 0.25) is 5.02 Å². The van der Waals surface area contributed by atoms with Crippen LogP contribution in [-0.4, -0.2) is 18.7 Å². The largest absolute Gasteiger partial charge is 0.282 e. The molecule has 1 amide bonds. The van der Waals surface area contributed by atoms with E-state index in [1.807, 2.05) is 18.2 Å². The number of fused-ring (bicyclic) bond motifs is 1. The van der Waals surface area contributed by atoms with Crippen LogP contribution in [0.4, 0.5) is 0 Å². The van der Waals surface area contributed by atoms with Crippen molar-refractivity contribution in [1.82, 2.24) is 16.3 Å². The number of carbonyl (C=O) groups excluding carboxylic acids is 1. The van der Waals surface area contributed by atoms with Gasteiger partial charge in [-0.2, -0.15) is 5.10 Å². The summed E-state index contributed by atoms with van der Waals surface area (Å²) in [5.74, 6) is -0.185. The van der Waals surface area contributed by atoms with Crippen LogP contribution in [0.25, 0.3) is 10.1 Å². The number of amides is 1. The van der Waals surface area contributed by atoms with Gasteiger partial charge in [-0.25, -0.2) is 10.9 Å². The summed E-state index contributed by atoms with van der Waals surface area (Å²) in [6.07, 6.45) is 1.77. The van der Waals surface area contributed by atoms with Crippen LogP contribution >= 0.6 is 38.9 Å². The number of benzene rings is 2. The van der Waals surface area contributed by atoms with Crippen LogP contribution in [0.5, 0.6) is 0 Å². The zero-order valence-corrected chi connectivity index (χ0v) is 18.2. The van der Waals surface area contributed by atoms with Crippen LogP contribution < -0.4 is 16.3 Å². The van der Waals surface area contributed by atoms with Gasteiger partial charge in [-0.15, -0.1) is 11.3 Å². The Labute approximate surface area is 180 Å². The van der Waals surface area contributed by atoms with Crippen LogP contribution in [0, 0.1) is 12.8 Å². The van der Waals surface area contributed by atoms with E-state index in [9.17, 15) is 4.79 Å². The fourth-order valence-corrected chi connectivity index (χ4v) is 5.50. The Morgan fingerprint density at radius 3 is 2.86 bits per heavy atom. The van der Waals surface area contributed by atoms with Crippen molar-refractivity contribution in [3.05, 3.63) is 68.0 Å². The van der Waals surface area contributed by atoms with Gasteiger partial charge in [0.25, 0.3) is 5.91 Å². The van der Waals surface area contributed by atoms with Crippen LogP contribution in [0.1, 0.15) is 26.8 Å². The Bertz CT molecular complexity index is 1050. The molecule has 2 heterocycles. The number of carbonyl (C=O) groups is 1. The van der Waals surface area contributed by atoms with Crippen molar-refractivity contribution in [1.29, 1.82) is 0 Å². The quantitative estimate of drug-likeness (QED) is 0.373. The van der Waals surface area contributed by atoms with Gasteiger partial charge in [-0.3, -0.25) is 10.2 Å². The molecule has 0 bridgehead atoms. The molecular weight excluding hydrogens is 460 g/mol. The number of nitrogens with one attached hydrogen (secondary N) is 3. The molecule has 144 valence electrons. The SMILES string of the molecule is Cc1ccc(C2NNCC2/C=N/NC(=O)c2sc3cccc(Br)c3c2Cl)cc1. The molecule has 1 fully saturated rings. The third-order valence-corrected chi connectivity index (χ3v) is 7.01. The van der Waals surface area contributed by atoms with E-state index in [0.29, 0.717) is 9.90 Å². The maximum Gasteiger partial charge on any atom is 0.282 e. The second kappa shape index (κ2) is 8.31. The van der Waals surface area contributed by atoms with E-state index < -0.39 is 0 Å². The smallest absolute Gasteiger partial charge is 0.266 e. The zero-order valence-electron chi connectivity index (χ0n) is 15.0. The van der Waals surface area contributed by atoms with Gasteiger partial charge in [0.1, 0.15) is 4.88 Å². The Hall–Kier alpha value is -1.77. The lowest BCUT2D eigenvalue weighted by atomic mass is 9.95. The van der Waals surface area contributed by atoms with Crippen molar-refractivity contribution < 1.29 is 4.79 Å². The molecule has 0 radical (unpaired) electrons. The fourth-order valence-electron chi connectivity index (χ4n) is 3.21. The molecule has 2 unspecified atom stereocenters. The number of hydrazone groups is 1. The number of halogens is 2. The van der Waals surface area contributed by atoms with Gasteiger partial charge in [0.2, 0.25) is 0 Å². The summed E-state index contributed by atoms with van der Waals surface area (Å²) in [6, 6.07) is 14.3. The van der Waals surface area contributed by atoms with Gasteiger partial charge in [-0.1, -0.05) is 63.4 Å². The zero-order chi connectivity index (χ0) is 19.7. The van der Waals surface area contributed by atoms with E-state index >= 15 is 0 Å². The molecule has 5 nitrogen and oxygen atoms in total.